The average Bonchev–Trinajstić information content (AvgIpc) is 3.41. The molecule has 2 atom stereocenters. The highest BCUT2D eigenvalue weighted by Crippen LogP contribution is 2.44. The Morgan fingerprint density at radius 2 is 1.66 bits per heavy atom. The highest BCUT2D eigenvalue weighted by molar-refractivity contribution is 5.90. The second kappa shape index (κ2) is 10.4. The predicted molar refractivity (Wildman–Crippen MR) is 126 cm³/mol. The van der Waals surface area contributed by atoms with Gasteiger partial charge in [-0.3, -0.25) is 9.48 Å². The second-order valence-corrected chi connectivity index (χ2v) is 8.14. The minimum Gasteiger partial charge on any atom is -0.480 e. The van der Waals surface area contributed by atoms with Crippen LogP contribution in [0.3, 0.4) is 0 Å². The van der Waals surface area contributed by atoms with Crippen LogP contribution in [0.2, 0.25) is 0 Å². The number of ether oxygens (including phenoxy) is 2. The number of aryl methyl sites for hydroxylation is 1. The van der Waals surface area contributed by atoms with Crippen molar-refractivity contribution >= 4 is 18.0 Å². The second-order valence-electron chi connectivity index (χ2n) is 8.14. The van der Waals surface area contributed by atoms with E-state index in [1.54, 1.807) is 13.1 Å². The van der Waals surface area contributed by atoms with Crippen LogP contribution in [0, 0.1) is 0 Å². The van der Waals surface area contributed by atoms with Gasteiger partial charge in [-0.25, -0.2) is 9.59 Å². The SMILES string of the molecule is COCC(NC(=O)C(NC(=O)OCC1c2ccccc2-c2ccccc21)c1ccnn1C)C(=O)O. The molecule has 0 bridgehead atoms. The Labute approximate surface area is 201 Å². The number of carboxylic acid groups (broad SMARTS) is 1. The van der Waals surface area contributed by atoms with Gasteiger partial charge in [-0.15, -0.1) is 0 Å². The normalized spacial score (nSPS) is 13.9. The minimum atomic E-state index is -1.28. The fraction of sp³-hybridized carbons (Fsp3) is 0.280. The summed E-state index contributed by atoms with van der Waals surface area (Å²) in [4.78, 5) is 37.2. The molecule has 0 aliphatic heterocycles. The smallest absolute Gasteiger partial charge is 0.408 e. The van der Waals surface area contributed by atoms with Gasteiger partial charge in [-0.1, -0.05) is 48.5 Å². The molecule has 1 aromatic heterocycles. The summed E-state index contributed by atoms with van der Waals surface area (Å²) in [6, 6.07) is 15.0. The van der Waals surface area contributed by atoms with E-state index in [4.69, 9.17) is 9.47 Å². The Balaban J connectivity index is 1.49. The number of rotatable bonds is 9. The van der Waals surface area contributed by atoms with E-state index >= 15 is 0 Å². The topological polar surface area (TPSA) is 132 Å². The molecule has 10 heteroatoms. The van der Waals surface area contributed by atoms with Crippen molar-refractivity contribution in [1.82, 2.24) is 20.4 Å². The number of aromatic nitrogens is 2. The molecule has 0 spiro atoms. The molecule has 2 aromatic carbocycles. The quantitative estimate of drug-likeness (QED) is 0.430. The molecule has 3 aromatic rings. The minimum absolute atomic E-state index is 0.0704. The third-order valence-corrected chi connectivity index (χ3v) is 5.97. The summed E-state index contributed by atoms with van der Waals surface area (Å²) < 4.78 is 11.8. The third kappa shape index (κ3) is 5.02. The van der Waals surface area contributed by atoms with Gasteiger partial charge < -0.3 is 25.2 Å². The van der Waals surface area contributed by atoms with Crippen LogP contribution in [0.25, 0.3) is 11.1 Å². The maximum absolute atomic E-state index is 13.0. The molecule has 0 fully saturated rings. The van der Waals surface area contributed by atoms with E-state index in [0.717, 1.165) is 22.3 Å². The van der Waals surface area contributed by atoms with E-state index < -0.39 is 30.1 Å². The molecule has 0 radical (unpaired) electrons. The summed E-state index contributed by atoms with van der Waals surface area (Å²) in [7, 11) is 2.94. The zero-order valence-corrected chi connectivity index (χ0v) is 19.3. The van der Waals surface area contributed by atoms with Crippen molar-refractivity contribution in [3.8, 4) is 11.1 Å². The Morgan fingerprint density at radius 1 is 1.03 bits per heavy atom. The van der Waals surface area contributed by atoms with Gasteiger partial charge in [-0.05, 0) is 28.3 Å². The lowest BCUT2D eigenvalue weighted by Crippen LogP contribution is -2.49. The summed E-state index contributed by atoms with van der Waals surface area (Å²) in [5.41, 5.74) is 4.68. The highest BCUT2D eigenvalue weighted by atomic mass is 16.5. The van der Waals surface area contributed by atoms with Crippen LogP contribution in [-0.2, 0) is 26.1 Å². The molecule has 35 heavy (non-hydrogen) atoms. The Hall–Kier alpha value is -4.18. The number of nitrogens with one attached hydrogen (secondary N) is 2. The number of nitrogens with zero attached hydrogens (tertiary/aromatic N) is 2. The van der Waals surface area contributed by atoms with Crippen LogP contribution in [0.5, 0.6) is 0 Å². The van der Waals surface area contributed by atoms with Crippen LogP contribution >= 0.6 is 0 Å². The maximum Gasteiger partial charge on any atom is 0.408 e. The monoisotopic (exact) mass is 478 g/mol. The first-order valence-electron chi connectivity index (χ1n) is 11.0. The third-order valence-electron chi connectivity index (χ3n) is 5.97. The van der Waals surface area contributed by atoms with Gasteiger partial charge in [0.15, 0.2) is 12.1 Å². The zero-order valence-electron chi connectivity index (χ0n) is 19.3. The molecule has 2 unspecified atom stereocenters. The van der Waals surface area contributed by atoms with Crippen molar-refractivity contribution in [2.75, 3.05) is 20.3 Å². The fourth-order valence-electron chi connectivity index (χ4n) is 4.30. The van der Waals surface area contributed by atoms with E-state index in [2.05, 4.69) is 15.7 Å². The number of fused-ring (bicyclic) bond motifs is 3. The van der Waals surface area contributed by atoms with E-state index in [0.29, 0.717) is 5.69 Å². The lowest BCUT2D eigenvalue weighted by Gasteiger charge is -2.22. The molecule has 0 saturated carbocycles. The highest BCUT2D eigenvalue weighted by Gasteiger charge is 2.32. The van der Waals surface area contributed by atoms with Crippen LogP contribution in [-0.4, -0.2) is 59.2 Å². The van der Waals surface area contributed by atoms with Gasteiger partial charge in [-0.2, -0.15) is 5.10 Å². The van der Waals surface area contributed by atoms with Gasteiger partial charge in [0.1, 0.15) is 6.61 Å². The molecule has 3 N–H and O–H groups in total. The Kier molecular flexibility index (Phi) is 7.11. The number of aliphatic carboxylic acids is 1. The van der Waals surface area contributed by atoms with Gasteiger partial charge >= 0.3 is 12.1 Å². The van der Waals surface area contributed by atoms with Gasteiger partial charge in [0.25, 0.3) is 0 Å². The molecule has 2 amide bonds. The first kappa shape index (κ1) is 24.0. The summed E-state index contributed by atoms with van der Waals surface area (Å²) in [5, 5.41) is 18.3. The lowest BCUT2D eigenvalue weighted by atomic mass is 9.98. The van der Waals surface area contributed by atoms with Crippen molar-refractivity contribution in [3.63, 3.8) is 0 Å². The summed E-state index contributed by atoms with van der Waals surface area (Å²) in [6.07, 6.45) is 0.658. The molecular formula is C25H26N4O6. The van der Waals surface area contributed by atoms with E-state index in [-0.39, 0.29) is 19.1 Å². The molecule has 10 nitrogen and oxygen atoms in total. The van der Waals surface area contributed by atoms with Gasteiger partial charge in [0, 0.05) is 26.3 Å². The Bertz CT molecular complexity index is 1190. The number of methoxy groups -OCH3 is 1. The van der Waals surface area contributed by atoms with Crippen molar-refractivity contribution in [1.29, 1.82) is 0 Å². The number of amides is 2. The first-order chi connectivity index (χ1) is 16.9. The number of benzene rings is 2. The molecular weight excluding hydrogens is 452 g/mol. The zero-order chi connectivity index (χ0) is 24.9. The largest absolute Gasteiger partial charge is 0.480 e. The number of alkyl carbamates (subject to hydrolysis) is 1. The average molecular weight is 479 g/mol. The molecule has 182 valence electrons. The number of hydrogen-bond donors (Lipinski definition) is 3. The summed E-state index contributed by atoms with van der Waals surface area (Å²) in [5.74, 6) is -2.13. The van der Waals surface area contributed by atoms with Crippen molar-refractivity contribution in [2.24, 2.45) is 7.05 Å². The van der Waals surface area contributed by atoms with E-state index in [1.165, 1.54) is 18.0 Å². The van der Waals surface area contributed by atoms with Crippen LogP contribution < -0.4 is 10.6 Å². The number of hydrogen-bond acceptors (Lipinski definition) is 6. The molecule has 1 aliphatic rings. The summed E-state index contributed by atoms with van der Waals surface area (Å²) >= 11 is 0. The lowest BCUT2D eigenvalue weighted by molar-refractivity contribution is -0.143. The standard InChI is InChI=1S/C25H26N4O6/c1-29-21(11-12-26-29)22(23(30)27-20(14-34-2)24(31)32)28-25(33)35-13-19-17-9-5-3-7-15(17)16-8-4-6-10-18(16)19/h3-12,19-20,22H,13-14H2,1-2H3,(H,27,30)(H,28,33)(H,31,32). The number of carboxylic acids is 1. The van der Waals surface area contributed by atoms with Crippen LogP contribution in [0.15, 0.2) is 60.8 Å². The van der Waals surface area contributed by atoms with E-state index in [9.17, 15) is 19.5 Å². The van der Waals surface area contributed by atoms with Gasteiger partial charge in [0.05, 0.1) is 12.3 Å². The number of carbonyl (C=O) groups is 3. The van der Waals surface area contributed by atoms with Crippen molar-refractivity contribution in [2.45, 2.75) is 18.0 Å². The molecule has 4 rings (SSSR count). The number of carbonyl (C=O) groups excluding carboxylic acids is 2. The fourth-order valence-corrected chi connectivity index (χ4v) is 4.30. The van der Waals surface area contributed by atoms with E-state index in [1.807, 2.05) is 48.5 Å². The molecule has 0 saturated heterocycles. The molecule has 1 aliphatic carbocycles. The van der Waals surface area contributed by atoms with Crippen molar-refractivity contribution < 1.29 is 29.0 Å². The Morgan fingerprint density at radius 3 is 2.20 bits per heavy atom. The maximum atomic E-state index is 13.0. The molecule has 1 heterocycles. The van der Waals surface area contributed by atoms with Crippen LogP contribution in [0.1, 0.15) is 28.8 Å². The van der Waals surface area contributed by atoms with Gasteiger partial charge in [0.2, 0.25) is 5.91 Å². The first-order valence-corrected chi connectivity index (χ1v) is 11.0. The predicted octanol–water partition coefficient (Wildman–Crippen LogP) is 2.22. The van der Waals surface area contributed by atoms with Crippen LogP contribution in [0.4, 0.5) is 4.79 Å². The summed E-state index contributed by atoms with van der Waals surface area (Å²) in [6.45, 7) is -0.162. The van der Waals surface area contributed by atoms with Crippen molar-refractivity contribution in [3.05, 3.63) is 77.6 Å².